The molecule has 0 unspecified atom stereocenters. The van der Waals surface area contributed by atoms with E-state index in [1.165, 1.54) is 30.6 Å². The second kappa shape index (κ2) is 7.02. The Morgan fingerprint density at radius 3 is 2.79 bits per heavy atom. The number of aliphatic hydroxyl groups excluding tert-OH is 1. The fraction of sp³-hybridized carbons (Fsp3) is 0.667. The third-order valence-electron chi connectivity index (χ3n) is 3.24. The summed E-state index contributed by atoms with van der Waals surface area (Å²) in [6, 6.07) is 0. The van der Waals surface area contributed by atoms with Crippen LogP contribution in [0.5, 0.6) is 0 Å². The molecule has 0 aromatic carbocycles. The van der Waals surface area contributed by atoms with Crippen LogP contribution in [0.3, 0.4) is 0 Å². The molecular weight excluding hydrogens is 312 g/mol. The topological polar surface area (TPSA) is 70.4 Å². The van der Waals surface area contributed by atoms with E-state index in [-0.39, 0.29) is 18.7 Å². The van der Waals surface area contributed by atoms with Gasteiger partial charge in [0.25, 0.3) is 5.56 Å². The summed E-state index contributed by atoms with van der Waals surface area (Å²) in [7, 11) is 0. The summed E-state index contributed by atoms with van der Waals surface area (Å²) in [5.74, 6) is 0. The summed E-state index contributed by atoms with van der Waals surface area (Å²) in [6.07, 6.45) is 4.18. The van der Waals surface area contributed by atoms with E-state index in [0.29, 0.717) is 10.2 Å². The highest BCUT2D eigenvalue weighted by Gasteiger charge is 2.12. The van der Waals surface area contributed by atoms with E-state index in [9.17, 15) is 4.79 Å². The summed E-state index contributed by atoms with van der Waals surface area (Å²) in [5, 5.41) is 16.1. The number of likely N-dealkylation sites (tertiary alicyclic amines) is 1. The highest BCUT2D eigenvalue weighted by molar-refractivity contribution is 9.10. The maximum absolute atomic E-state index is 11.9. The van der Waals surface area contributed by atoms with Gasteiger partial charge in [-0.2, -0.15) is 5.10 Å². The van der Waals surface area contributed by atoms with Crippen LogP contribution in [0, 0.1) is 0 Å². The number of hydrogen-bond acceptors (Lipinski definition) is 5. The van der Waals surface area contributed by atoms with Crippen molar-refractivity contribution in [3.63, 3.8) is 0 Å². The molecule has 1 aromatic heterocycles. The Kier molecular flexibility index (Phi) is 5.35. The summed E-state index contributed by atoms with van der Waals surface area (Å²) >= 11 is 3.28. The number of hydrogen-bond donors (Lipinski definition) is 2. The zero-order chi connectivity index (χ0) is 13.7. The summed E-state index contributed by atoms with van der Waals surface area (Å²) in [6.45, 7) is 4.22. The lowest BCUT2D eigenvalue weighted by Gasteiger charge is -2.16. The highest BCUT2D eigenvalue weighted by atomic mass is 79.9. The van der Waals surface area contributed by atoms with Crippen LogP contribution < -0.4 is 10.9 Å². The second-order valence-corrected chi connectivity index (χ2v) is 5.39. The van der Waals surface area contributed by atoms with Crippen LogP contribution in [0.1, 0.15) is 12.8 Å². The molecule has 106 valence electrons. The lowest BCUT2D eigenvalue weighted by atomic mass is 10.4. The average Bonchev–Trinajstić information content (AvgIpc) is 2.91. The molecule has 0 saturated carbocycles. The molecule has 0 aliphatic carbocycles. The normalized spacial score (nSPS) is 15.9. The molecule has 1 fully saturated rings. The Labute approximate surface area is 120 Å². The molecule has 2 heterocycles. The molecular formula is C12H19BrN4O2. The molecule has 6 nitrogen and oxygen atoms in total. The number of halogens is 1. The average molecular weight is 331 g/mol. The first-order valence-electron chi connectivity index (χ1n) is 6.55. The number of aromatic nitrogens is 2. The van der Waals surface area contributed by atoms with E-state index in [1.807, 2.05) is 0 Å². The predicted octanol–water partition coefficient (Wildman–Crippen LogP) is 0.506. The highest BCUT2D eigenvalue weighted by Crippen LogP contribution is 2.16. The van der Waals surface area contributed by atoms with Crippen molar-refractivity contribution < 1.29 is 5.11 Å². The van der Waals surface area contributed by atoms with E-state index in [4.69, 9.17) is 5.11 Å². The fourth-order valence-electron chi connectivity index (χ4n) is 2.20. The van der Waals surface area contributed by atoms with Gasteiger partial charge >= 0.3 is 0 Å². The molecule has 0 bridgehead atoms. The number of aliphatic hydroxyl groups is 1. The van der Waals surface area contributed by atoms with E-state index in [2.05, 4.69) is 31.2 Å². The second-order valence-electron chi connectivity index (χ2n) is 4.60. The van der Waals surface area contributed by atoms with E-state index >= 15 is 0 Å². The Hall–Kier alpha value is -0.920. The van der Waals surface area contributed by atoms with Gasteiger partial charge in [-0.3, -0.25) is 4.79 Å². The third-order valence-corrected chi connectivity index (χ3v) is 4.01. The van der Waals surface area contributed by atoms with Crippen molar-refractivity contribution in [2.24, 2.45) is 0 Å². The Morgan fingerprint density at radius 1 is 1.37 bits per heavy atom. The molecule has 0 radical (unpaired) electrons. The molecule has 0 amide bonds. The minimum atomic E-state index is -0.222. The standard InChI is InChI=1S/C12H19BrN4O2/c13-11-10(9-15-17(7-8-18)12(11)19)14-3-6-16-4-1-2-5-16/h9,14,18H,1-8H2. The molecule has 1 aromatic rings. The van der Waals surface area contributed by atoms with Gasteiger partial charge in [-0.25, -0.2) is 4.68 Å². The van der Waals surface area contributed by atoms with Crippen molar-refractivity contribution in [3.8, 4) is 0 Å². The molecule has 1 saturated heterocycles. The quantitative estimate of drug-likeness (QED) is 0.795. The van der Waals surface area contributed by atoms with Gasteiger partial charge in [-0.15, -0.1) is 0 Å². The van der Waals surface area contributed by atoms with E-state index in [1.54, 1.807) is 6.20 Å². The van der Waals surface area contributed by atoms with Crippen LogP contribution in [0.4, 0.5) is 5.69 Å². The lowest BCUT2D eigenvalue weighted by Crippen LogP contribution is -2.28. The zero-order valence-corrected chi connectivity index (χ0v) is 12.4. The lowest BCUT2D eigenvalue weighted by molar-refractivity contribution is 0.266. The molecule has 0 spiro atoms. The maximum Gasteiger partial charge on any atom is 0.283 e. The minimum absolute atomic E-state index is 0.0961. The molecule has 2 rings (SSSR count). The Morgan fingerprint density at radius 2 is 2.11 bits per heavy atom. The number of rotatable bonds is 6. The van der Waals surface area contributed by atoms with Gasteiger partial charge in [-0.1, -0.05) is 0 Å². The molecule has 1 aliphatic heterocycles. The van der Waals surface area contributed by atoms with Gasteiger partial charge < -0.3 is 15.3 Å². The Balaban J connectivity index is 1.92. The SMILES string of the molecule is O=c1c(Br)c(NCCN2CCCC2)cnn1CCO. The summed E-state index contributed by atoms with van der Waals surface area (Å²) in [5.41, 5.74) is 0.485. The predicted molar refractivity (Wildman–Crippen MR) is 77.4 cm³/mol. The number of nitrogens with zero attached hydrogens (tertiary/aromatic N) is 3. The minimum Gasteiger partial charge on any atom is -0.394 e. The van der Waals surface area contributed by atoms with E-state index in [0.717, 1.165) is 13.1 Å². The van der Waals surface area contributed by atoms with Crippen LogP contribution >= 0.6 is 15.9 Å². The first kappa shape index (κ1) is 14.5. The smallest absolute Gasteiger partial charge is 0.283 e. The van der Waals surface area contributed by atoms with Gasteiger partial charge in [-0.05, 0) is 41.9 Å². The van der Waals surface area contributed by atoms with Crippen LogP contribution in [0.25, 0.3) is 0 Å². The van der Waals surface area contributed by atoms with Crippen molar-refractivity contribution in [1.29, 1.82) is 0 Å². The summed E-state index contributed by atoms with van der Waals surface area (Å²) < 4.78 is 1.72. The Bertz CT molecular complexity index is 471. The number of nitrogens with one attached hydrogen (secondary N) is 1. The first-order chi connectivity index (χ1) is 9.22. The summed E-state index contributed by atoms with van der Waals surface area (Å²) in [4.78, 5) is 14.3. The van der Waals surface area contributed by atoms with Crippen molar-refractivity contribution in [2.75, 3.05) is 38.1 Å². The van der Waals surface area contributed by atoms with Crippen molar-refractivity contribution >= 4 is 21.6 Å². The zero-order valence-electron chi connectivity index (χ0n) is 10.8. The van der Waals surface area contributed by atoms with Crippen LogP contribution in [-0.4, -0.2) is 52.6 Å². The van der Waals surface area contributed by atoms with Crippen molar-refractivity contribution in [3.05, 3.63) is 21.0 Å². The molecule has 2 N–H and O–H groups in total. The largest absolute Gasteiger partial charge is 0.394 e. The third kappa shape index (κ3) is 3.77. The molecule has 19 heavy (non-hydrogen) atoms. The number of anilines is 1. The van der Waals surface area contributed by atoms with Gasteiger partial charge in [0.2, 0.25) is 0 Å². The molecule has 1 aliphatic rings. The van der Waals surface area contributed by atoms with Crippen LogP contribution in [0.2, 0.25) is 0 Å². The van der Waals surface area contributed by atoms with Gasteiger partial charge in [0.05, 0.1) is 25.0 Å². The van der Waals surface area contributed by atoms with Crippen molar-refractivity contribution in [1.82, 2.24) is 14.7 Å². The first-order valence-corrected chi connectivity index (χ1v) is 7.34. The van der Waals surface area contributed by atoms with Gasteiger partial charge in [0, 0.05) is 13.1 Å². The van der Waals surface area contributed by atoms with Gasteiger partial charge in [0.15, 0.2) is 0 Å². The molecule has 7 heteroatoms. The fourth-order valence-corrected chi connectivity index (χ4v) is 2.64. The van der Waals surface area contributed by atoms with Crippen LogP contribution in [0.15, 0.2) is 15.5 Å². The maximum atomic E-state index is 11.9. The van der Waals surface area contributed by atoms with Crippen molar-refractivity contribution in [2.45, 2.75) is 19.4 Å². The van der Waals surface area contributed by atoms with Gasteiger partial charge in [0.1, 0.15) is 4.47 Å². The van der Waals surface area contributed by atoms with Crippen LogP contribution in [-0.2, 0) is 6.54 Å². The monoisotopic (exact) mass is 330 g/mol. The van der Waals surface area contributed by atoms with E-state index < -0.39 is 0 Å². The molecule has 0 atom stereocenters.